The van der Waals surface area contributed by atoms with Crippen LogP contribution in [0, 0.1) is 0 Å². The van der Waals surface area contributed by atoms with Crippen LogP contribution in [0.4, 0.5) is 0 Å². The molecule has 0 saturated carbocycles. The molecule has 1 fully saturated rings. The van der Waals surface area contributed by atoms with Crippen LogP contribution in [0.5, 0.6) is 0 Å². The number of amides is 1. The normalized spacial score (nSPS) is 16.9. The van der Waals surface area contributed by atoms with Crippen LogP contribution < -0.4 is 0 Å². The average Bonchev–Trinajstić information content (AvgIpc) is 2.59. The maximum atomic E-state index is 12.5. The van der Waals surface area contributed by atoms with Crippen molar-refractivity contribution < 1.29 is 13.2 Å². The molecule has 1 aliphatic heterocycles. The molecule has 0 spiro atoms. The van der Waals surface area contributed by atoms with Crippen LogP contribution in [0.1, 0.15) is 39.7 Å². The first-order valence-electron chi connectivity index (χ1n) is 8.97. The monoisotopic (exact) mass is 366 g/mol. The van der Waals surface area contributed by atoms with Crippen molar-refractivity contribution in [2.24, 2.45) is 0 Å². The molecule has 0 unspecified atom stereocenters. The molecule has 2 rings (SSSR count). The summed E-state index contributed by atoms with van der Waals surface area (Å²) in [6, 6.07) is 7.03. The first-order chi connectivity index (χ1) is 11.6. The second kappa shape index (κ2) is 7.87. The van der Waals surface area contributed by atoms with Crippen molar-refractivity contribution in [1.29, 1.82) is 0 Å². The zero-order valence-electron chi connectivity index (χ0n) is 15.8. The molecule has 1 amide bonds. The van der Waals surface area contributed by atoms with Gasteiger partial charge < -0.3 is 9.80 Å². The van der Waals surface area contributed by atoms with Crippen LogP contribution in [0.3, 0.4) is 0 Å². The maximum absolute atomic E-state index is 12.5. The van der Waals surface area contributed by atoms with E-state index >= 15 is 0 Å². The number of carbonyl (C=O) groups excluding carboxylic acids is 1. The van der Waals surface area contributed by atoms with Crippen LogP contribution in [-0.2, 0) is 20.0 Å². The Morgan fingerprint density at radius 2 is 1.60 bits per heavy atom. The molecule has 0 radical (unpaired) electrons. The number of nitrogens with zero attached hydrogens (tertiary/aromatic N) is 2. The fourth-order valence-corrected chi connectivity index (χ4v) is 4.20. The molecular formula is C19H30N2O3S. The van der Waals surface area contributed by atoms with Crippen molar-refractivity contribution in [2.45, 2.75) is 44.4 Å². The van der Waals surface area contributed by atoms with Crippen molar-refractivity contribution in [3.63, 3.8) is 0 Å². The molecule has 1 heterocycles. The van der Waals surface area contributed by atoms with Crippen molar-refractivity contribution in [2.75, 3.05) is 38.5 Å². The highest BCUT2D eigenvalue weighted by atomic mass is 32.2. The maximum Gasteiger partial charge on any atom is 0.223 e. The molecule has 0 N–H and O–H groups in total. The largest absolute Gasteiger partial charge is 0.340 e. The zero-order valence-corrected chi connectivity index (χ0v) is 16.6. The van der Waals surface area contributed by atoms with E-state index in [0.717, 1.165) is 25.2 Å². The summed E-state index contributed by atoms with van der Waals surface area (Å²) in [7, 11) is -3.43. The molecular weight excluding hydrogens is 336 g/mol. The van der Waals surface area contributed by atoms with Crippen molar-refractivity contribution in [3.8, 4) is 0 Å². The Bertz CT molecular complexity index is 682. The fraction of sp³-hybridized carbons (Fsp3) is 0.632. The predicted molar refractivity (Wildman–Crippen MR) is 101 cm³/mol. The fourth-order valence-electron chi connectivity index (χ4n) is 2.97. The molecule has 0 aromatic heterocycles. The smallest absolute Gasteiger partial charge is 0.223 e. The Labute approximate surface area is 151 Å². The lowest BCUT2D eigenvalue weighted by atomic mass is 9.87. The topological polar surface area (TPSA) is 57.7 Å². The minimum atomic E-state index is -3.43. The zero-order chi connectivity index (χ0) is 18.7. The first-order valence-corrected chi connectivity index (χ1v) is 10.6. The first kappa shape index (κ1) is 19.9. The summed E-state index contributed by atoms with van der Waals surface area (Å²) < 4.78 is 25.0. The van der Waals surface area contributed by atoms with Gasteiger partial charge >= 0.3 is 0 Å². The lowest BCUT2D eigenvalue weighted by molar-refractivity contribution is -0.132. The number of likely N-dealkylation sites (N-methyl/N-ethyl adjacent to an activating group) is 1. The number of rotatable bonds is 5. The molecule has 1 aromatic rings. The summed E-state index contributed by atoms with van der Waals surface area (Å²) in [6.07, 6.45) is 0.0511. The summed E-state index contributed by atoms with van der Waals surface area (Å²) in [5.74, 6) is -0.194. The molecule has 5 nitrogen and oxygen atoms in total. The Balaban J connectivity index is 1.94. The highest BCUT2D eigenvalue weighted by Gasteiger charge is 2.23. The minimum Gasteiger partial charge on any atom is -0.340 e. The van der Waals surface area contributed by atoms with Crippen molar-refractivity contribution in [3.05, 3.63) is 29.8 Å². The molecule has 1 aliphatic rings. The number of benzene rings is 1. The molecule has 0 atom stereocenters. The van der Waals surface area contributed by atoms with Crippen LogP contribution in [0.2, 0.25) is 0 Å². The van der Waals surface area contributed by atoms with E-state index in [0.29, 0.717) is 18.0 Å². The van der Waals surface area contributed by atoms with Gasteiger partial charge in [-0.1, -0.05) is 39.8 Å². The molecule has 0 bridgehead atoms. The lowest BCUT2D eigenvalue weighted by Gasteiger charge is -2.34. The van der Waals surface area contributed by atoms with Crippen LogP contribution >= 0.6 is 0 Å². The van der Waals surface area contributed by atoms with E-state index in [9.17, 15) is 13.2 Å². The number of piperazine rings is 1. The van der Waals surface area contributed by atoms with Gasteiger partial charge in [-0.3, -0.25) is 4.79 Å². The highest BCUT2D eigenvalue weighted by molar-refractivity contribution is 7.91. The van der Waals surface area contributed by atoms with E-state index in [1.54, 1.807) is 17.0 Å². The summed E-state index contributed by atoms with van der Waals surface area (Å²) in [5.41, 5.74) is 1.08. The van der Waals surface area contributed by atoms with Gasteiger partial charge in [0.1, 0.15) is 0 Å². The van der Waals surface area contributed by atoms with E-state index in [-0.39, 0.29) is 23.5 Å². The lowest BCUT2D eigenvalue weighted by Crippen LogP contribution is -2.48. The Morgan fingerprint density at radius 3 is 2.08 bits per heavy atom. The van der Waals surface area contributed by atoms with Gasteiger partial charge in [0.25, 0.3) is 0 Å². The van der Waals surface area contributed by atoms with E-state index in [4.69, 9.17) is 0 Å². The van der Waals surface area contributed by atoms with Gasteiger partial charge in [0.05, 0.1) is 10.6 Å². The third-order valence-corrected chi connectivity index (χ3v) is 6.57. The van der Waals surface area contributed by atoms with Gasteiger partial charge in [-0.25, -0.2) is 8.42 Å². The summed E-state index contributed by atoms with van der Waals surface area (Å²) in [4.78, 5) is 16.7. The summed E-state index contributed by atoms with van der Waals surface area (Å²) in [6.45, 7) is 12.5. The van der Waals surface area contributed by atoms with Crippen LogP contribution in [0.15, 0.2) is 29.2 Å². The average molecular weight is 367 g/mol. The molecule has 1 saturated heterocycles. The molecule has 0 aliphatic carbocycles. The molecule has 25 heavy (non-hydrogen) atoms. The van der Waals surface area contributed by atoms with Gasteiger partial charge in [0, 0.05) is 32.6 Å². The molecule has 140 valence electrons. The van der Waals surface area contributed by atoms with Gasteiger partial charge in [0.2, 0.25) is 5.91 Å². The quantitative estimate of drug-likeness (QED) is 0.802. The van der Waals surface area contributed by atoms with E-state index in [1.165, 1.54) is 0 Å². The molecule has 6 heteroatoms. The summed E-state index contributed by atoms with van der Waals surface area (Å²) >= 11 is 0. The van der Waals surface area contributed by atoms with Gasteiger partial charge in [-0.2, -0.15) is 0 Å². The van der Waals surface area contributed by atoms with E-state index in [1.807, 2.05) is 12.1 Å². The third kappa shape index (κ3) is 5.28. The standard InChI is InChI=1S/C19H30N2O3S/c1-5-20-11-13-21(14-12-20)18(22)10-15-25(23,24)17-8-6-16(7-9-17)19(2,3)4/h6-9H,5,10-15H2,1-4H3. The van der Waals surface area contributed by atoms with Gasteiger partial charge in [-0.15, -0.1) is 0 Å². The van der Waals surface area contributed by atoms with Gasteiger partial charge in [-0.05, 0) is 29.7 Å². The number of carbonyl (C=O) groups is 1. The molecule has 1 aromatic carbocycles. The van der Waals surface area contributed by atoms with Crippen LogP contribution in [0.25, 0.3) is 0 Å². The Morgan fingerprint density at radius 1 is 1.04 bits per heavy atom. The number of sulfone groups is 1. The predicted octanol–water partition coefficient (Wildman–Crippen LogP) is 2.31. The van der Waals surface area contributed by atoms with Crippen molar-refractivity contribution >= 4 is 15.7 Å². The Hall–Kier alpha value is -1.40. The van der Waals surface area contributed by atoms with Crippen LogP contribution in [-0.4, -0.2) is 62.6 Å². The highest BCUT2D eigenvalue weighted by Crippen LogP contribution is 2.24. The number of hydrogen-bond acceptors (Lipinski definition) is 4. The van der Waals surface area contributed by atoms with E-state index in [2.05, 4.69) is 32.6 Å². The third-order valence-electron chi connectivity index (χ3n) is 4.84. The SMILES string of the molecule is CCN1CCN(C(=O)CCS(=O)(=O)c2ccc(C(C)(C)C)cc2)CC1. The van der Waals surface area contributed by atoms with E-state index < -0.39 is 9.84 Å². The van der Waals surface area contributed by atoms with Gasteiger partial charge in [0.15, 0.2) is 9.84 Å². The second-order valence-corrected chi connectivity index (χ2v) is 9.77. The number of hydrogen-bond donors (Lipinski definition) is 0. The Kier molecular flexibility index (Phi) is 6.27. The summed E-state index contributed by atoms with van der Waals surface area (Å²) in [5, 5.41) is 0. The second-order valence-electron chi connectivity index (χ2n) is 7.66. The van der Waals surface area contributed by atoms with Crippen molar-refractivity contribution in [1.82, 2.24) is 9.80 Å². The minimum absolute atomic E-state index is 0.0150.